The van der Waals surface area contributed by atoms with E-state index in [-0.39, 0.29) is 31.0 Å². The molecule has 1 N–H and O–H groups in total. The van der Waals surface area contributed by atoms with Gasteiger partial charge in [-0.1, -0.05) is 48.5 Å². The summed E-state index contributed by atoms with van der Waals surface area (Å²) in [6, 6.07) is 12.1. The van der Waals surface area contributed by atoms with Gasteiger partial charge in [-0.15, -0.1) is 0 Å². The molecule has 2 amide bonds. The van der Waals surface area contributed by atoms with Crippen LogP contribution in [-0.2, 0) is 16.1 Å². The van der Waals surface area contributed by atoms with Gasteiger partial charge in [-0.25, -0.2) is 0 Å². The Balaban J connectivity index is 1.75. The summed E-state index contributed by atoms with van der Waals surface area (Å²) in [4.78, 5) is 27.7. The lowest BCUT2D eigenvalue weighted by Crippen LogP contribution is -2.51. The van der Waals surface area contributed by atoms with E-state index >= 15 is 0 Å². The van der Waals surface area contributed by atoms with Crippen molar-refractivity contribution in [3.63, 3.8) is 0 Å². The lowest BCUT2D eigenvalue weighted by atomic mass is 9.95. The van der Waals surface area contributed by atoms with E-state index in [4.69, 9.17) is 27.9 Å². The average molecular weight is 589 g/mol. The van der Waals surface area contributed by atoms with E-state index in [0.29, 0.717) is 21.4 Å². The third kappa shape index (κ3) is 6.99. The molecule has 0 radical (unpaired) electrons. The van der Waals surface area contributed by atoms with Crippen LogP contribution < -0.4 is 10.1 Å². The van der Waals surface area contributed by atoms with Gasteiger partial charge in [0.05, 0.1) is 0 Å². The Morgan fingerprint density at radius 1 is 1.09 bits per heavy atom. The Hall–Kier alpha value is -1.51. The van der Waals surface area contributed by atoms with Gasteiger partial charge in [0.2, 0.25) is 5.91 Å². The second kappa shape index (κ2) is 12.1. The van der Waals surface area contributed by atoms with Crippen molar-refractivity contribution < 1.29 is 14.3 Å². The molecule has 1 saturated carbocycles. The number of amides is 2. The van der Waals surface area contributed by atoms with Gasteiger partial charge in [0.15, 0.2) is 6.61 Å². The van der Waals surface area contributed by atoms with Gasteiger partial charge in [0, 0.05) is 31.8 Å². The van der Waals surface area contributed by atoms with E-state index in [1.807, 2.05) is 24.3 Å². The van der Waals surface area contributed by atoms with E-state index in [1.54, 1.807) is 25.1 Å². The summed E-state index contributed by atoms with van der Waals surface area (Å²) < 4.78 is 6.76. The maximum atomic E-state index is 13.2. The van der Waals surface area contributed by atoms with E-state index in [0.717, 1.165) is 29.3 Å². The number of rotatable bonds is 8. The first-order valence-electron chi connectivity index (χ1n) is 10.8. The van der Waals surface area contributed by atoms with Gasteiger partial charge in [0.1, 0.15) is 11.8 Å². The molecule has 0 saturated heterocycles. The number of nitrogens with one attached hydrogen (secondary N) is 1. The summed E-state index contributed by atoms with van der Waals surface area (Å²) in [5.41, 5.74) is 0.607. The summed E-state index contributed by atoms with van der Waals surface area (Å²) in [7, 11) is 0. The highest BCUT2D eigenvalue weighted by molar-refractivity contribution is 14.1. The zero-order valence-electron chi connectivity index (χ0n) is 18.0. The molecule has 2 aromatic carbocycles. The van der Waals surface area contributed by atoms with Crippen LogP contribution in [0.1, 0.15) is 44.6 Å². The minimum absolute atomic E-state index is 0.118. The predicted octanol–water partition coefficient (Wildman–Crippen LogP) is 5.84. The molecule has 0 heterocycles. The molecule has 0 spiro atoms. The standard InChI is InChI=1S/C24H27Cl2IN2O3/c1-16(24(31)28-18-6-3-2-4-7-18)29(14-20-21(25)8-5-9-22(20)26)23(30)15-32-19-12-10-17(27)11-13-19/h5,8-13,16,18H,2-4,6-7,14-15H2,1H3,(H,28,31)/t16-/m1/s1. The molecule has 1 aliphatic rings. The number of benzene rings is 2. The minimum atomic E-state index is -0.697. The first-order valence-corrected chi connectivity index (χ1v) is 12.6. The van der Waals surface area contributed by atoms with Crippen molar-refractivity contribution in [2.45, 2.75) is 57.7 Å². The lowest BCUT2D eigenvalue weighted by molar-refractivity contribution is -0.142. The van der Waals surface area contributed by atoms with Crippen LogP contribution in [0.3, 0.4) is 0 Å². The molecule has 0 aromatic heterocycles. The summed E-state index contributed by atoms with van der Waals surface area (Å²) in [6.45, 7) is 1.65. The lowest BCUT2D eigenvalue weighted by Gasteiger charge is -2.31. The van der Waals surface area contributed by atoms with Crippen LogP contribution >= 0.6 is 45.8 Å². The third-order valence-corrected chi connectivity index (χ3v) is 7.11. The maximum absolute atomic E-state index is 13.2. The largest absolute Gasteiger partial charge is 0.484 e. The summed E-state index contributed by atoms with van der Waals surface area (Å²) in [6.07, 6.45) is 5.37. The molecular formula is C24H27Cl2IN2O3. The summed E-state index contributed by atoms with van der Waals surface area (Å²) >= 11 is 14.9. The number of hydrogen-bond acceptors (Lipinski definition) is 3. The van der Waals surface area contributed by atoms with Crippen LogP contribution in [0.2, 0.25) is 10.0 Å². The molecule has 1 atom stereocenters. The van der Waals surface area contributed by atoms with Crippen LogP contribution in [0.15, 0.2) is 42.5 Å². The molecule has 1 aliphatic carbocycles. The molecule has 5 nitrogen and oxygen atoms in total. The zero-order valence-corrected chi connectivity index (χ0v) is 21.6. The second-order valence-corrected chi connectivity index (χ2v) is 10.0. The van der Waals surface area contributed by atoms with Crippen molar-refractivity contribution >= 4 is 57.6 Å². The van der Waals surface area contributed by atoms with Gasteiger partial charge >= 0.3 is 0 Å². The molecule has 0 unspecified atom stereocenters. The van der Waals surface area contributed by atoms with Crippen molar-refractivity contribution in [2.24, 2.45) is 0 Å². The Bertz CT molecular complexity index is 913. The monoisotopic (exact) mass is 588 g/mol. The molecule has 3 rings (SSSR count). The summed E-state index contributed by atoms with van der Waals surface area (Å²) in [5, 5.41) is 4.01. The van der Waals surface area contributed by atoms with Gasteiger partial charge in [-0.05, 0) is 78.8 Å². The average Bonchev–Trinajstić information content (AvgIpc) is 2.78. The first-order chi connectivity index (χ1) is 15.3. The van der Waals surface area contributed by atoms with Gasteiger partial charge in [-0.3, -0.25) is 9.59 Å². The highest BCUT2D eigenvalue weighted by atomic mass is 127. The Labute approximate surface area is 212 Å². The van der Waals surface area contributed by atoms with Crippen LogP contribution in [0.5, 0.6) is 5.75 Å². The van der Waals surface area contributed by atoms with Gasteiger partial charge < -0.3 is 15.0 Å². The molecule has 1 fully saturated rings. The Kier molecular flexibility index (Phi) is 9.49. The SMILES string of the molecule is C[C@H](C(=O)NC1CCCCC1)N(Cc1c(Cl)cccc1Cl)C(=O)COc1ccc(I)cc1. The van der Waals surface area contributed by atoms with Crippen LogP contribution in [0.4, 0.5) is 0 Å². The molecule has 32 heavy (non-hydrogen) atoms. The third-order valence-electron chi connectivity index (χ3n) is 5.68. The number of hydrogen-bond donors (Lipinski definition) is 1. The van der Waals surface area contributed by atoms with Crippen LogP contribution in [-0.4, -0.2) is 35.4 Å². The fourth-order valence-corrected chi connectivity index (χ4v) is 4.64. The van der Waals surface area contributed by atoms with Gasteiger partial charge in [-0.2, -0.15) is 0 Å². The summed E-state index contributed by atoms with van der Waals surface area (Å²) in [5.74, 6) is 0.0994. The van der Waals surface area contributed by atoms with Crippen LogP contribution in [0, 0.1) is 3.57 Å². The van der Waals surface area contributed by atoms with Crippen molar-refractivity contribution in [3.8, 4) is 5.75 Å². The Morgan fingerprint density at radius 3 is 2.34 bits per heavy atom. The predicted molar refractivity (Wildman–Crippen MR) is 136 cm³/mol. The van der Waals surface area contributed by atoms with E-state index in [1.165, 1.54) is 11.3 Å². The minimum Gasteiger partial charge on any atom is -0.484 e. The zero-order chi connectivity index (χ0) is 23.1. The molecule has 172 valence electrons. The maximum Gasteiger partial charge on any atom is 0.261 e. The van der Waals surface area contributed by atoms with E-state index < -0.39 is 6.04 Å². The number of nitrogens with zero attached hydrogens (tertiary/aromatic N) is 1. The number of carbonyl (C=O) groups is 2. The van der Waals surface area contributed by atoms with Crippen molar-refractivity contribution in [1.29, 1.82) is 0 Å². The number of ether oxygens (including phenoxy) is 1. The molecule has 8 heteroatoms. The van der Waals surface area contributed by atoms with Crippen molar-refractivity contribution in [1.82, 2.24) is 10.2 Å². The van der Waals surface area contributed by atoms with Gasteiger partial charge in [0.25, 0.3) is 5.91 Å². The highest BCUT2D eigenvalue weighted by Crippen LogP contribution is 2.27. The van der Waals surface area contributed by atoms with E-state index in [9.17, 15) is 9.59 Å². The Morgan fingerprint density at radius 2 is 1.72 bits per heavy atom. The van der Waals surface area contributed by atoms with E-state index in [2.05, 4.69) is 27.9 Å². The fraction of sp³-hybridized carbons (Fsp3) is 0.417. The first kappa shape index (κ1) is 25.1. The number of carbonyl (C=O) groups excluding carboxylic acids is 2. The highest BCUT2D eigenvalue weighted by Gasteiger charge is 2.29. The number of halogens is 3. The van der Waals surface area contributed by atoms with Crippen molar-refractivity contribution in [3.05, 3.63) is 61.6 Å². The van der Waals surface area contributed by atoms with Crippen molar-refractivity contribution in [2.75, 3.05) is 6.61 Å². The molecular weight excluding hydrogens is 562 g/mol. The normalized spacial score (nSPS) is 15.1. The second-order valence-electron chi connectivity index (χ2n) is 7.98. The molecule has 0 aliphatic heterocycles. The fourth-order valence-electron chi connectivity index (χ4n) is 3.76. The smallest absolute Gasteiger partial charge is 0.261 e. The topological polar surface area (TPSA) is 58.6 Å². The molecule has 0 bridgehead atoms. The van der Waals surface area contributed by atoms with Crippen LogP contribution in [0.25, 0.3) is 0 Å². The quantitative estimate of drug-likeness (QED) is 0.394. The molecule has 2 aromatic rings.